The maximum absolute atomic E-state index is 2.78. The molecule has 0 aliphatic carbocycles. The molecule has 0 N–H and O–H groups in total. The van der Waals surface area contributed by atoms with Crippen molar-refractivity contribution in [1.29, 1.82) is 0 Å². The number of hydrogen-bond donors (Lipinski definition) is 0. The summed E-state index contributed by atoms with van der Waals surface area (Å²) in [5.74, 6) is 0.970. The van der Waals surface area contributed by atoms with Gasteiger partial charge < -0.3 is 0 Å². The van der Waals surface area contributed by atoms with Crippen LogP contribution in [-0.2, 0) is 0 Å². The first-order valence-corrected chi connectivity index (χ1v) is 4.57. The Morgan fingerprint density at radius 3 is 2.44 bits per heavy atom. The lowest BCUT2D eigenvalue weighted by molar-refractivity contribution is 0.221. The number of likely N-dealkylation sites (tertiary alicyclic amines) is 1. The highest BCUT2D eigenvalue weighted by atomic mass is 31.0. The molecule has 9 heavy (non-hydrogen) atoms. The molecule has 0 saturated carbocycles. The second-order valence-electron chi connectivity index (χ2n) is 2.98. The van der Waals surface area contributed by atoms with Gasteiger partial charge in [-0.15, -0.1) is 9.24 Å². The van der Waals surface area contributed by atoms with Crippen LogP contribution in [0.1, 0.15) is 19.8 Å². The molecule has 2 heteroatoms. The predicted molar refractivity (Wildman–Crippen MR) is 44.5 cm³/mol. The molecule has 1 saturated heterocycles. The van der Waals surface area contributed by atoms with E-state index >= 15 is 0 Å². The topological polar surface area (TPSA) is 3.24 Å². The van der Waals surface area contributed by atoms with Gasteiger partial charge in [-0.25, -0.2) is 0 Å². The summed E-state index contributed by atoms with van der Waals surface area (Å²) in [6.07, 6.45) is 3.95. The van der Waals surface area contributed by atoms with Crippen LogP contribution in [0.2, 0.25) is 0 Å². The van der Waals surface area contributed by atoms with Crippen molar-refractivity contribution in [3.8, 4) is 0 Å². The zero-order valence-electron chi connectivity index (χ0n) is 6.14. The van der Waals surface area contributed by atoms with Crippen LogP contribution in [0.4, 0.5) is 0 Å². The van der Waals surface area contributed by atoms with Crippen molar-refractivity contribution in [2.75, 3.05) is 19.4 Å². The molecule has 1 nitrogen and oxygen atoms in total. The van der Waals surface area contributed by atoms with Crippen molar-refractivity contribution in [1.82, 2.24) is 4.90 Å². The Hall–Kier alpha value is 0.390. The van der Waals surface area contributed by atoms with E-state index in [0.29, 0.717) is 0 Å². The summed E-state index contributed by atoms with van der Waals surface area (Å²) in [5, 5.41) is 0. The van der Waals surface area contributed by atoms with E-state index in [4.69, 9.17) is 0 Å². The van der Waals surface area contributed by atoms with Gasteiger partial charge in [0.1, 0.15) is 0 Å². The fourth-order valence-electron chi connectivity index (χ4n) is 1.24. The van der Waals surface area contributed by atoms with Gasteiger partial charge in [-0.3, -0.25) is 4.90 Å². The Labute approximate surface area is 60.0 Å². The van der Waals surface area contributed by atoms with Gasteiger partial charge in [0.15, 0.2) is 0 Å². The standard InChI is InChI=1S/C7H16NP/c1-7-2-4-8(6-9)5-3-7/h7H,2-6,9H2,1H3. The molecule has 1 fully saturated rings. The highest BCUT2D eigenvalue weighted by molar-refractivity contribution is 7.16. The van der Waals surface area contributed by atoms with Crippen LogP contribution in [0.5, 0.6) is 0 Å². The number of hydrogen-bond acceptors (Lipinski definition) is 1. The Morgan fingerprint density at radius 1 is 1.44 bits per heavy atom. The summed E-state index contributed by atoms with van der Waals surface area (Å²) in [7, 11) is 2.78. The van der Waals surface area contributed by atoms with Crippen LogP contribution in [-0.4, -0.2) is 24.3 Å². The van der Waals surface area contributed by atoms with E-state index in [2.05, 4.69) is 21.1 Å². The summed E-state index contributed by atoms with van der Waals surface area (Å²) in [4.78, 5) is 2.49. The van der Waals surface area contributed by atoms with Crippen LogP contribution in [0.25, 0.3) is 0 Å². The number of rotatable bonds is 1. The Balaban J connectivity index is 2.18. The van der Waals surface area contributed by atoms with E-state index in [-0.39, 0.29) is 0 Å². The molecule has 1 unspecified atom stereocenters. The minimum atomic E-state index is 0.970. The Morgan fingerprint density at radius 2 is 2.00 bits per heavy atom. The summed E-state index contributed by atoms with van der Waals surface area (Å²) < 4.78 is 0. The van der Waals surface area contributed by atoms with E-state index in [1.807, 2.05) is 0 Å². The van der Waals surface area contributed by atoms with Crippen LogP contribution in [0.15, 0.2) is 0 Å². The minimum absolute atomic E-state index is 0.970. The fourth-order valence-corrected chi connectivity index (χ4v) is 1.61. The molecular weight excluding hydrogens is 129 g/mol. The lowest BCUT2D eigenvalue weighted by Gasteiger charge is -2.28. The maximum atomic E-state index is 2.78. The van der Waals surface area contributed by atoms with Gasteiger partial charge in [0.05, 0.1) is 0 Å². The molecule has 1 aliphatic heterocycles. The lowest BCUT2D eigenvalue weighted by Crippen LogP contribution is -2.31. The van der Waals surface area contributed by atoms with Gasteiger partial charge in [0.2, 0.25) is 0 Å². The van der Waals surface area contributed by atoms with Crippen molar-refractivity contribution >= 4 is 9.24 Å². The van der Waals surface area contributed by atoms with Crippen LogP contribution in [0.3, 0.4) is 0 Å². The highest BCUT2D eigenvalue weighted by Crippen LogP contribution is 2.15. The SMILES string of the molecule is CC1CCN(CP)CC1. The third kappa shape index (κ3) is 2.23. The Bertz CT molecular complexity index is 77.0. The minimum Gasteiger partial charge on any atom is -0.300 e. The van der Waals surface area contributed by atoms with E-state index < -0.39 is 0 Å². The van der Waals surface area contributed by atoms with Crippen LogP contribution >= 0.6 is 9.24 Å². The van der Waals surface area contributed by atoms with Gasteiger partial charge in [0, 0.05) is 6.29 Å². The van der Waals surface area contributed by atoms with Crippen LogP contribution < -0.4 is 0 Å². The molecule has 0 aromatic carbocycles. The van der Waals surface area contributed by atoms with Crippen molar-refractivity contribution in [2.45, 2.75) is 19.8 Å². The molecule has 1 aliphatic rings. The molecule has 0 bridgehead atoms. The molecule has 0 aromatic rings. The summed E-state index contributed by atoms with van der Waals surface area (Å²) in [6, 6.07) is 0. The first kappa shape index (κ1) is 7.50. The summed E-state index contributed by atoms with van der Waals surface area (Å²) >= 11 is 0. The number of nitrogens with zero attached hydrogens (tertiary/aromatic N) is 1. The van der Waals surface area contributed by atoms with E-state index in [1.165, 1.54) is 25.9 Å². The Kier molecular flexibility index (Phi) is 2.94. The molecule has 1 atom stereocenters. The van der Waals surface area contributed by atoms with Gasteiger partial charge in [-0.1, -0.05) is 6.92 Å². The first-order valence-electron chi connectivity index (χ1n) is 3.75. The zero-order valence-corrected chi connectivity index (χ0v) is 7.29. The van der Waals surface area contributed by atoms with Crippen molar-refractivity contribution in [3.63, 3.8) is 0 Å². The highest BCUT2D eigenvalue weighted by Gasteiger charge is 2.12. The summed E-state index contributed by atoms with van der Waals surface area (Å²) in [5.41, 5.74) is 0. The molecule has 0 radical (unpaired) electrons. The molecule has 0 spiro atoms. The average molecular weight is 145 g/mol. The molecule has 1 rings (SSSR count). The smallest absolute Gasteiger partial charge is 0.0126 e. The first-order chi connectivity index (χ1) is 4.33. The summed E-state index contributed by atoms with van der Waals surface area (Å²) in [6.45, 7) is 4.97. The molecule has 0 aromatic heterocycles. The predicted octanol–water partition coefficient (Wildman–Crippen LogP) is 1.55. The van der Waals surface area contributed by atoms with Gasteiger partial charge >= 0.3 is 0 Å². The van der Waals surface area contributed by atoms with Gasteiger partial charge in [-0.2, -0.15) is 0 Å². The quantitative estimate of drug-likeness (QED) is 0.506. The fraction of sp³-hybridized carbons (Fsp3) is 1.00. The van der Waals surface area contributed by atoms with E-state index in [1.54, 1.807) is 0 Å². The maximum Gasteiger partial charge on any atom is 0.0126 e. The van der Waals surface area contributed by atoms with Gasteiger partial charge in [-0.05, 0) is 31.8 Å². The molecule has 1 heterocycles. The largest absolute Gasteiger partial charge is 0.300 e. The normalized spacial score (nSPS) is 24.7. The molecule has 0 amide bonds. The second-order valence-corrected chi connectivity index (χ2v) is 3.35. The van der Waals surface area contributed by atoms with Crippen molar-refractivity contribution in [3.05, 3.63) is 0 Å². The second kappa shape index (κ2) is 3.53. The van der Waals surface area contributed by atoms with Crippen LogP contribution in [0, 0.1) is 5.92 Å². The number of piperidine rings is 1. The van der Waals surface area contributed by atoms with E-state index in [9.17, 15) is 0 Å². The van der Waals surface area contributed by atoms with E-state index in [0.717, 1.165) is 12.2 Å². The molecule has 54 valence electrons. The third-order valence-corrected chi connectivity index (χ3v) is 2.65. The van der Waals surface area contributed by atoms with Crippen molar-refractivity contribution in [2.24, 2.45) is 5.92 Å². The molecular formula is C7H16NP. The van der Waals surface area contributed by atoms with Gasteiger partial charge in [0.25, 0.3) is 0 Å². The zero-order chi connectivity index (χ0) is 6.69. The monoisotopic (exact) mass is 145 g/mol. The third-order valence-electron chi connectivity index (χ3n) is 2.13. The van der Waals surface area contributed by atoms with Crippen molar-refractivity contribution < 1.29 is 0 Å². The average Bonchev–Trinajstić information content (AvgIpc) is 1.90. The lowest BCUT2D eigenvalue weighted by atomic mass is 10.00.